The van der Waals surface area contributed by atoms with Crippen LogP contribution >= 0.6 is 0 Å². The number of benzene rings is 2. The van der Waals surface area contributed by atoms with Crippen LogP contribution in [0, 0.1) is 6.92 Å². The van der Waals surface area contributed by atoms with Crippen LogP contribution in [0.2, 0.25) is 0 Å². The molecule has 4 rings (SSSR count). The van der Waals surface area contributed by atoms with Crippen molar-refractivity contribution in [3.05, 3.63) is 65.2 Å². The van der Waals surface area contributed by atoms with Crippen LogP contribution < -0.4 is 4.74 Å². The quantitative estimate of drug-likeness (QED) is 0.557. The van der Waals surface area contributed by atoms with E-state index in [9.17, 15) is 0 Å². The first-order valence-corrected chi connectivity index (χ1v) is 11.9. The predicted octanol–water partition coefficient (Wildman–Crippen LogP) is 5.17. The Bertz CT molecular complexity index is 809. The lowest BCUT2D eigenvalue weighted by atomic mass is 9.91. The lowest BCUT2D eigenvalue weighted by Gasteiger charge is -2.38. The minimum Gasteiger partial charge on any atom is -0.496 e. The third-order valence-electron chi connectivity index (χ3n) is 6.84. The molecule has 1 saturated carbocycles. The van der Waals surface area contributed by atoms with Gasteiger partial charge in [-0.3, -0.25) is 4.90 Å². The van der Waals surface area contributed by atoms with E-state index in [0.717, 1.165) is 38.3 Å². The average Bonchev–Trinajstić information content (AvgIpc) is 3.29. The average molecular weight is 424 g/mol. The van der Waals surface area contributed by atoms with Gasteiger partial charge < -0.3 is 14.2 Å². The van der Waals surface area contributed by atoms with Gasteiger partial charge in [0.2, 0.25) is 0 Å². The molecule has 0 radical (unpaired) electrons. The Morgan fingerprint density at radius 1 is 0.935 bits per heavy atom. The Labute approximate surface area is 187 Å². The van der Waals surface area contributed by atoms with E-state index in [1.807, 2.05) is 0 Å². The molecule has 2 fully saturated rings. The fourth-order valence-electron chi connectivity index (χ4n) is 5.02. The second-order valence-electron chi connectivity index (χ2n) is 9.02. The molecule has 0 bridgehead atoms. The minimum atomic E-state index is 0.336. The maximum atomic E-state index is 6.46. The summed E-state index contributed by atoms with van der Waals surface area (Å²) < 4.78 is 18.1. The highest BCUT2D eigenvalue weighted by Gasteiger charge is 2.35. The van der Waals surface area contributed by atoms with Gasteiger partial charge in [0.25, 0.3) is 0 Å². The molecule has 31 heavy (non-hydrogen) atoms. The fourth-order valence-corrected chi connectivity index (χ4v) is 5.02. The molecule has 4 heteroatoms. The fraction of sp³-hybridized carbons (Fsp3) is 0.556. The second-order valence-corrected chi connectivity index (χ2v) is 9.02. The third kappa shape index (κ3) is 6.09. The van der Waals surface area contributed by atoms with Crippen molar-refractivity contribution in [2.24, 2.45) is 0 Å². The third-order valence-corrected chi connectivity index (χ3v) is 6.84. The lowest BCUT2D eigenvalue weighted by Crippen LogP contribution is -2.46. The van der Waals surface area contributed by atoms with Crippen molar-refractivity contribution >= 4 is 0 Å². The number of nitrogens with zero attached hydrogens (tertiary/aromatic N) is 1. The molecule has 0 amide bonds. The van der Waals surface area contributed by atoms with Gasteiger partial charge in [-0.05, 0) is 55.4 Å². The van der Waals surface area contributed by atoms with E-state index in [-0.39, 0.29) is 0 Å². The predicted molar refractivity (Wildman–Crippen MR) is 125 cm³/mol. The number of ether oxygens (including phenoxy) is 3. The summed E-state index contributed by atoms with van der Waals surface area (Å²) in [5.41, 5.74) is 3.72. The van der Waals surface area contributed by atoms with Gasteiger partial charge in [0.05, 0.1) is 32.5 Å². The Balaban J connectivity index is 1.25. The largest absolute Gasteiger partial charge is 0.496 e. The molecule has 1 saturated heterocycles. The van der Waals surface area contributed by atoms with Crippen molar-refractivity contribution in [1.29, 1.82) is 0 Å². The molecule has 0 spiro atoms. The Morgan fingerprint density at radius 3 is 2.61 bits per heavy atom. The first kappa shape index (κ1) is 22.3. The summed E-state index contributed by atoms with van der Waals surface area (Å²) in [5.74, 6) is 0.964. The number of hydrogen-bond acceptors (Lipinski definition) is 4. The zero-order valence-electron chi connectivity index (χ0n) is 19.1. The molecule has 168 valence electrons. The molecule has 1 heterocycles. The highest BCUT2D eigenvalue weighted by atomic mass is 16.5. The molecule has 3 atom stereocenters. The number of hydrogen-bond donors (Lipinski definition) is 0. The zero-order chi connectivity index (χ0) is 21.5. The summed E-state index contributed by atoms with van der Waals surface area (Å²) in [7, 11) is 1.74. The van der Waals surface area contributed by atoms with Crippen LogP contribution in [0.1, 0.15) is 48.8 Å². The van der Waals surface area contributed by atoms with Crippen molar-refractivity contribution in [3.63, 3.8) is 0 Å². The van der Waals surface area contributed by atoms with Crippen LogP contribution in [0.25, 0.3) is 0 Å². The standard InChI is InChI=1S/C27H37NO3/c1-21-12-13-22(18-27(21)29-2)15-17-30-26-11-7-6-10-25(26)28-16-14-24(19-28)31-20-23-8-4-3-5-9-23/h3-5,8-9,12-13,18,24-26H,6-7,10-11,14-17,19-20H2,1-2H3/t24-,25?,26?/m1/s1. The van der Waals surface area contributed by atoms with E-state index < -0.39 is 0 Å². The summed E-state index contributed by atoms with van der Waals surface area (Å²) in [6, 6.07) is 17.5. The van der Waals surface area contributed by atoms with Crippen LogP contribution in [0.4, 0.5) is 0 Å². The Kier molecular flexibility index (Phi) is 8.01. The van der Waals surface area contributed by atoms with Crippen molar-refractivity contribution < 1.29 is 14.2 Å². The van der Waals surface area contributed by atoms with Crippen LogP contribution in [0.3, 0.4) is 0 Å². The van der Waals surface area contributed by atoms with E-state index in [0.29, 0.717) is 24.9 Å². The topological polar surface area (TPSA) is 30.9 Å². The summed E-state index contributed by atoms with van der Waals surface area (Å²) in [5, 5.41) is 0. The number of methoxy groups -OCH3 is 1. The molecule has 2 aromatic rings. The van der Waals surface area contributed by atoms with Crippen molar-refractivity contribution in [2.75, 3.05) is 26.8 Å². The Hall–Kier alpha value is -1.88. The van der Waals surface area contributed by atoms with Gasteiger partial charge >= 0.3 is 0 Å². The maximum absolute atomic E-state index is 6.46. The normalized spacial score (nSPS) is 24.4. The van der Waals surface area contributed by atoms with Crippen molar-refractivity contribution in [2.45, 2.75) is 70.3 Å². The summed E-state index contributed by atoms with van der Waals surface area (Å²) in [6.45, 7) is 5.73. The van der Waals surface area contributed by atoms with Crippen LogP contribution in [-0.2, 0) is 22.5 Å². The van der Waals surface area contributed by atoms with E-state index in [1.165, 1.54) is 42.4 Å². The van der Waals surface area contributed by atoms with Crippen molar-refractivity contribution in [3.8, 4) is 5.75 Å². The molecule has 2 aliphatic rings. The van der Waals surface area contributed by atoms with Crippen molar-refractivity contribution in [1.82, 2.24) is 4.90 Å². The lowest BCUT2D eigenvalue weighted by molar-refractivity contribution is -0.0352. The summed E-state index contributed by atoms with van der Waals surface area (Å²) in [6.07, 6.45) is 7.74. The SMILES string of the molecule is COc1cc(CCOC2CCCCC2N2CC[C@@H](OCc3ccccc3)C2)ccc1C. The Morgan fingerprint density at radius 2 is 1.77 bits per heavy atom. The molecule has 4 nitrogen and oxygen atoms in total. The number of aryl methyl sites for hydroxylation is 1. The van der Waals surface area contributed by atoms with E-state index in [4.69, 9.17) is 14.2 Å². The van der Waals surface area contributed by atoms with E-state index in [1.54, 1.807) is 7.11 Å². The zero-order valence-corrected chi connectivity index (χ0v) is 19.1. The van der Waals surface area contributed by atoms with Crippen LogP contribution in [0.5, 0.6) is 5.75 Å². The van der Waals surface area contributed by atoms with Gasteiger partial charge in [-0.15, -0.1) is 0 Å². The monoisotopic (exact) mass is 423 g/mol. The van der Waals surface area contributed by atoms with E-state index in [2.05, 4.69) is 60.4 Å². The second kappa shape index (κ2) is 11.1. The minimum absolute atomic E-state index is 0.336. The van der Waals surface area contributed by atoms with Crippen LogP contribution in [-0.4, -0.2) is 50.0 Å². The van der Waals surface area contributed by atoms with Gasteiger partial charge in [-0.1, -0.05) is 55.3 Å². The van der Waals surface area contributed by atoms with Gasteiger partial charge in [-0.25, -0.2) is 0 Å². The van der Waals surface area contributed by atoms with Gasteiger partial charge in [0.15, 0.2) is 0 Å². The summed E-state index contributed by atoms with van der Waals surface area (Å²) >= 11 is 0. The van der Waals surface area contributed by atoms with Gasteiger partial charge in [-0.2, -0.15) is 0 Å². The van der Waals surface area contributed by atoms with E-state index >= 15 is 0 Å². The first-order chi connectivity index (χ1) is 15.2. The highest BCUT2D eigenvalue weighted by Crippen LogP contribution is 2.29. The highest BCUT2D eigenvalue weighted by molar-refractivity contribution is 5.36. The molecular formula is C27H37NO3. The molecule has 0 N–H and O–H groups in total. The van der Waals surface area contributed by atoms with Gasteiger partial charge in [0.1, 0.15) is 5.75 Å². The first-order valence-electron chi connectivity index (χ1n) is 11.9. The van der Waals surface area contributed by atoms with Gasteiger partial charge in [0, 0.05) is 19.1 Å². The maximum Gasteiger partial charge on any atom is 0.122 e. The summed E-state index contributed by atoms with van der Waals surface area (Å²) in [4.78, 5) is 2.63. The molecule has 2 unspecified atom stereocenters. The smallest absolute Gasteiger partial charge is 0.122 e. The molecule has 2 aromatic carbocycles. The molecule has 0 aromatic heterocycles. The van der Waals surface area contributed by atoms with Crippen LogP contribution in [0.15, 0.2) is 48.5 Å². The number of rotatable bonds is 9. The molecular weight excluding hydrogens is 386 g/mol. The molecule has 1 aliphatic carbocycles. The number of likely N-dealkylation sites (tertiary alicyclic amines) is 1. The molecule has 1 aliphatic heterocycles.